The van der Waals surface area contributed by atoms with E-state index < -0.39 is 27.2 Å². The van der Waals surface area contributed by atoms with E-state index in [0.29, 0.717) is 0 Å². The van der Waals surface area contributed by atoms with Crippen molar-refractivity contribution in [1.82, 2.24) is 0 Å². The van der Waals surface area contributed by atoms with E-state index in [1.165, 1.54) is 36.4 Å². The van der Waals surface area contributed by atoms with Gasteiger partial charge in [0, 0.05) is 6.26 Å². The van der Waals surface area contributed by atoms with Gasteiger partial charge in [-0.15, -0.1) is 0 Å². The van der Waals surface area contributed by atoms with Crippen molar-refractivity contribution in [3.63, 3.8) is 0 Å². The van der Waals surface area contributed by atoms with Crippen molar-refractivity contribution in [1.29, 1.82) is 0 Å². The molecule has 0 aromatic heterocycles. The smallest absolute Gasteiger partial charge is 0.342 e. The van der Waals surface area contributed by atoms with E-state index in [-0.39, 0.29) is 16.4 Å². The summed E-state index contributed by atoms with van der Waals surface area (Å²) in [6.07, 6.45) is 1.07. The molecule has 0 bridgehead atoms. The van der Waals surface area contributed by atoms with Crippen LogP contribution in [0.2, 0.25) is 0 Å². The number of sulfone groups is 1. The topological polar surface area (TPSA) is 80.7 Å². The summed E-state index contributed by atoms with van der Waals surface area (Å²) in [5, 5.41) is 8.98. The Bertz CT molecular complexity index is 782. The number of hydrogen-bond acceptors (Lipinski definition) is 4. The van der Waals surface area contributed by atoms with Gasteiger partial charge in [0.15, 0.2) is 9.84 Å². The van der Waals surface area contributed by atoms with Crippen LogP contribution in [0.3, 0.4) is 0 Å². The van der Waals surface area contributed by atoms with E-state index >= 15 is 0 Å². The van der Waals surface area contributed by atoms with Crippen LogP contribution in [-0.4, -0.2) is 25.7 Å². The summed E-state index contributed by atoms with van der Waals surface area (Å²) < 4.78 is 41.4. The number of carboxylic acids is 1. The second-order valence-corrected chi connectivity index (χ2v) is 6.28. The van der Waals surface area contributed by atoms with Gasteiger partial charge in [-0.2, -0.15) is 0 Å². The van der Waals surface area contributed by atoms with Crippen LogP contribution in [0.5, 0.6) is 11.5 Å². The summed E-state index contributed by atoms with van der Waals surface area (Å²) >= 11 is 0. The van der Waals surface area contributed by atoms with Gasteiger partial charge < -0.3 is 9.84 Å². The molecule has 21 heavy (non-hydrogen) atoms. The lowest BCUT2D eigenvalue weighted by Gasteiger charge is -2.09. The number of hydrogen-bond donors (Lipinski definition) is 1. The third-order valence-corrected chi connectivity index (χ3v) is 3.80. The third kappa shape index (κ3) is 3.38. The zero-order valence-electron chi connectivity index (χ0n) is 10.9. The standard InChI is InChI=1S/C14H11FO5S/c1-21(18,19)10-7-5-9(6-8-10)20-12-4-2-3-11(15)13(12)14(16)17/h2-8H,1H3,(H,16,17). The molecule has 110 valence electrons. The maximum Gasteiger partial charge on any atom is 0.342 e. The van der Waals surface area contributed by atoms with Gasteiger partial charge in [-0.05, 0) is 36.4 Å². The summed E-state index contributed by atoms with van der Waals surface area (Å²) in [7, 11) is -3.33. The van der Waals surface area contributed by atoms with Crippen LogP contribution in [-0.2, 0) is 9.84 Å². The van der Waals surface area contributed by atoms with E-state index in [2.05, 4.69) is 0 Å². The minimum Gasteiger partial charge on any atom is -0.477 e. The van der Waals surface area contributed by atoms with Crippen molar-refractivity contribution >= 4 is 15.8 Å². The van der Waals surface area contributed by atoms with Gasteiger partial charge in [-0.1, -0.05) is 6.07 Å². The maximum absolute atomic E-state index is 13.5. The van der Waals surface area contributed by atoms with E-state index in [1.807, 2.05) is 0 Å². The molecule has 2 aromatic rings. The van der Waals surface area contributed by atoms with E-state index in [1.54, 1.807) is 0 Å². The molecule has 0 saturated carbocycles. The second-order valence-electron chi connectivity index (χ2n) is 4.26. The van der Waals surface area contributed by atoms with Crippen molar-refractivity contribution in [2.24, 2.45) is 0 Å². The Balaban J connectivity index is 2.35. The molecule has 2 rings (SSSR count). The first kappa shape index (κ1) is 15.0. The summed E-state index contributed by atoms with van der Waals surface area (Å²) in [5.74, 6) is -2.31. The molecule has 0 spiro atoms. The van der Waals surface area contributed by atoms with Crippen molar-refractivity contribution in [2.45, 2.75) is 4.90 Å². The Hall–Kier alpha value is -2.41. The van der Waals surface area contributed by atoms with Crippen LogP contribution in [0.1, 0.15) is 10.4 Å². The van der Waals surface area contributed by atoms with Crippen LogP contribution in [0.25, 0.3) is 0 Å². The largest absolute Gasteiger partial charge is 0.477 e. The van der Waals surface area contributed by atoms with Crippen LogP contribution >= 0.6 is 0 Å². The molecule has 5 nitrogen and oxygen atoms in total. The number of carboxylic acid groups (broad SMARTS) is 1. The van der Waals surface area contributed by atoms with Crippen molar-refractivity contribution in [3.8, 4) is 11.5 Å². The van der Waals surface area contributed by atoms with Crippen molar-refractivity contribution in [2.75, 3.05) is 6.26 Å². The van der Waals surface area contributed by atoms with Crippen molar-refractivity contribution in [3.05, 3.63) is 53.8 Å². The molecular formula is C14H11FO5S. The van der Waals surface area contributed by atoms with E-state index in [0.717, 1.165) is 12.3 Å². The Kier molecular flexibility index (Phi) is 3.95. The molecule has 0 aliphatic rings. The van der Waals surface area contributed by atoms with E-state index in [9.17, 15) is 17.6 Å². The van der Waals surface area contributed by atoms with Crippen LogP contribution in [0.4, 0.5) is 4.39 Å². The Labute approximate surface area is 120 Å². The molecule has 0 aliphatic carbocycles. The molecule has 0 fully saturated rings. The lowest BCUT2D eigenvalue weighted by atomic mass is 10.2. The number of benzene rings is 2. The van der Waals surface area contributed by atoms with Gasteiger partial charge in [0.05, 0.1) is 4.90 Å². The van der Waals surface area contributed by atoms with Gasteiger partial charge in [-0.3, -0.25) is 0 Å². The van der Waals surface area contributed by atoms with Crippen LogP contribution < -0.4 is 4.74 Å². The Morgan fingerprint density at radius 3 is 2.29 bits per heavy atom. The monoisotopic (exact) mass is 310 g/mol. The number of ether oxygens (including phenoxy) is 1. The minimum absolute atomic E-state index is 0.104. The Morgan fingerprint density at radius 1 is 1.14 bits per heavy atom. The molecule has 0 aliphatic heterocycles. The summed E-state index contributed by atoms with van der Waals surface area (Å²) in [4.78, 5) is 11.1. The molecule has 7 heteroatoms. The molecule has 1 N–H and O–H groups in total. The maximum atomic E-state index is 13.5. The predicted molar refractivity (Wildman–Crippen MR) is 73.0 cm³/mol. The quantitative estimate of drug-likeness (QED) is 0.939. The fourth-order valence-electron chi connectivity index (χ4n) is 1.68. The summed E-state index contributed by atoms with van der Waals surface area (Å²) in [5.41, 5.74) is -0.579. The Morgan fingerprint density at radius 2 is 1.76 bits per heavy atom. The molecule has 0 amide bonds. The van der Waals surface area contributed by atoms with Gasteiger partial charge in [0.25, 0.3) is 0 Å². The summed E-state index contributed by atoms with van der Waals surface area (Å²) in [6, 6.07) is 9.04. The normalized spacial score (nSPS) is 11.1. The SMILES string of the molecule is CS(=O)(=O)c1ccc(Oc2cccc(F)c2C(=O)O)cc1. The third-order valence-electron chi connectivity index (χ3n) is 2.67. The second kappa shape index (κ2) is 5.53. The average Bonchev–Trinajstić information content (AvgIpc) is 2.38. The highest BCUT2D eigenvalue weighted by Gasteiger charge is 2.17. The number of halogens is 1. The lowest BCUT2D eigenvalue weighted by molar-refractivity contribution is 0.0689. The highest BCUT2D eigenvalue weighted by Crippen LogP contribution is 2.28. The average molecular weight is 310 g/mol. The highest BCUT2D eigenvalue weighted by atomic mass is 32.2. The number of carbonyl (C=O) groups is 1. The van der Waals surface area contributed by atoms with E-state index in [4.69, 9.17) is 9.84 Å². The molecule has 0 saturated heterocycles. The van der Waals surface area contributed by atoms with Gasteiger partial charge in [0.1, 0.15) is 22.9 Å². The molecule has 0 heterocycles. The lowest BCUT2D eigenvalue weighted by Crippen LogP contribution is -2.03. The fraction of sp³-hybridized carbons (Fsp3) is 0.0714. The predicted octanol–water partition coefficient (Wildman–Crippen LogP) is 2.72. The zero-order valence-corrected chi connectivity index (χ0v) is 11.7. The van der Waals surface area contributed by atoms with Crippen LogP contribution in [0.15, 0.2) is 47.4 Å². The van der Waals surface area contributed by atoms with Gasteiger partial charge in [0.2, 0.25) is 0 Å². The highest BCUT2D eigenvalue weighted by molar-refractivity contribution is 7.90. The van der Waals surface area contributed by atoms with Gasteiger partial charge in [-0.25, -0.2) is 17.6 Å². The first-order valence-electron chi connectivity index (χ1n) is 5.79. The first-order valence-corrected chi connectivity index (χ1v) is 7.68. The molecule has 2 aromatic carbocycles. The zero-order chi connectivity index (χ0) is 15.6. The fourth-order valence-corrected chi connectivity index (χ4v) is 2.31. The number of rotatable bonds is 4. The summed E-state index contributed by atoms with van der Waals surface area (Å²) in [6.45, 7) is 0. The minimum atomic E-state index is -3.33. The molecular weight excluding hydrogens is 299 g/mol. The number of aromatic carboxylic acids is 1. The van der Waals surface area contributed by atoms with Crippen LogP contribution in [0, 0.1) is 5.82 Å². The first-order chi connectivity index (χ1) is 9.79. The van der Waals surface area contributed by atoms with Crippen molar-refractivity contribution < 1.29 is 27.4 Å². The molecule has 0 radical (unpaired) electrons. The molecule has 0 unspecified atom stereocenters. The van der Waals surface area contributed by atoms with Gasteiger partial charge >= 0.3 is 5.97 Å². The molecule has 0 atom stereocenters.